The zero-order valence-corrected chi connectivity index (χ0v) is 14.7. The van der Waals surface area contributed by atoms with Crippen LogP contribution in [0.5, 0.6) is 11.5 Å². The normalized spacial score (nSPS) is 10.4. The zero-order valence-electron chi connectivity index (χ0n) is 8.38. The number of ether oxygens (including phenoxy) is 1. The Morgan fingerprint density at radius 1 is 0.647 bits per heavy atom. The van der Waals surface area contributed by atoms with Gasteiger partial charge in [0.15, 0.2) is 0 Å². The highest BCUT2D eigenvalue weighted by Crippen LogP contribution is 2.39. The second-order valence-electron chi connectivity index (χ2n) is 3.21. The van der Waals surface area contributed by atoms with Gasteiger partial charge in [-0.1, -0.05) is 12.1 Å². The molecule has 0 saturated heterocycles. The molecule has 0 heterocycles. The van der Waals surface area contributed by atoms with Crippen LogP contribution < -0.4 is 4.74 Å². The molecule has 2 aromatic carbocycles. The molecule has 0 saturated carbocycles. The van der Waals surface area contributed by atoms with Gasteiger partial charge in [-0.05, 0) is 88.0 Å². The van der Waals surface area contributed by atoms with Crippen molar-refractivity contribution in [3.05, 3.63) is 54.3 Å². The summed E-state index contributed by atoms with van der Waals surface area (Å²) in [4.78, 5) is 0. The summed E-state index contributed by atoms with van der Waals surface area (Å²) >= 11 is 13.9. The Kier molecular flexibility index (Phi) is 4.69. The molecule has 0 bridgehead atoms. The highest BCUT2D eigenvalue weighted by Gasteiger charge is 2.09. The summed E-state index contributed by atoms with van der Waals surface area (Å²) in [6, 6.07) is 11.6. The van der Waals surface area contributed by atoms with Crippen molar-refractivity contribution in [1.29, 1.82) is 0 Å². The first-order valence-corrected chi connectivity index (χ1v) is 7.82. The maximum atomic E-state index is 5.85. The van der Waals surface area contributed by atoms with E-state index in [1.807, 2.05) is 36.4 Å². The van der Waals surface area contributed by atoms with Crippen molar-refractivity contribution in [2.75, 3.05) is 0 Å². The molecule has 0 aliphatic heterocycles. The summed E-state index contributed by atoms with van der Waals surface area (Å²) in [5.74, 6) is 1.52. The first-order chi connectivity index (χ1) is 8.09. The van der Waals surface area contributed by atoms with E-state index in [0.717, 1.165) is 29.4 Å². The van der Waals surface area contributed by atoms with Crippen LogP contribution in [-0.2, 0) is 0 Å². The van der Waals surface area contributed by atoms with E-state index in [0.29, 0.717) is 0 Å². The summed E-state index contributed by atoms with van der Waals surface area (Å²) in [6.45, 7) is 0. The number of rotatable bonds is 2. The van der Waals surface area contributed by atoms with Crippen LogP contribution in [0, 0.1) is 0 Å². The molecule has 2 aromatic rings. The van der Waals surface area contributed by atoms with Gasteiger partial charge in [0.05, 0.1) is 8.95 Å². The highest BCUT2D eigenvalue weighted by atomic mass is 79.9. The molecule has 0 atom stereocenters. The van der Waals surface area contributed by atoms with Gasteiger partial charge in [-0.25, -0.2) is 0 Å². The summed E-state index contributed by atoms with van der Waals surface area (Å²) in [5.41, 5.74) is 0. The molecule has 17 heavy (non-hydrogen) atoms. The van der Waals surface area contributed by atoms with E-state index in [2.05, 4.69) is 63.7 Å². The van der Waals surface area contributed by atoms with Gasteiger partial charge < -0.3 is 4.74 Å². The lowest BCUT2D eigenvalue weighted by Crippen LogP contribution is -1.87. The minimum Gasteiger partial charge on any atom is -0.455 e. The van der Waals surface area contributed by atoms with E-state index in [4.69, 9.17) is 4.74 Å². The van der Waals surface area contributed by atoms with Crippen LogP contribution in [0.2, 0.25) is 0 Å². The zero-order chi connectivity index (χ0) is 12.4. The molecule has 2 rings (SSSR count). The third-order valence-electron chi connectivity index (χ3n) is 2.05. The maximum absolute atomic E-state index is 5.85. The Balaban J connectivity index is 2.38. The third-order valence-corrected chi connectivity index (χ3v) is 6.07. The van der Waals surface area contributed by atoms with Crippen molar-refractivity contribution >= 4 is 63.7 Å². The molecule has 0 amide bonds. The van der Waals surface area contributed by atoms with Crippen LogP contribution >= 0.6 is 63.7 Å². The fourth-order valence-electron chi connectivity index (χ4n) is 1.24. The number of hydrogen-bond donors (Lipinski definition) is 0. The van der Waals surface area contributed by atoms with E-state index in [9.17, 15) is 0 Å². The van der Waals surface area contributed by atoms with Gasteiger partial charge in [-0.3, -0.25) is 0 Å². The van der Waals surface area contributed by atoms with E-state index >= 15 is 0 Å². The summed E-state index contributed by atoms with van der Waals surface area (Å²) in [7, 11) is 0. The molecule has 0 spiro atoms. The lowest BCUT2D eigenvalue weighted by Gasteiger charge is -2.10. The van der Waals surface area contributed by atoms with E-state index in [1.54, 1.807) is 0 Å². The maximum Gasteiger partial charge on any atom is 0.142 e. The van der Waals surface area contributed by atoms with Crippen molar-refractivity contribution in [1.82, 2.24) is 0 Å². The van der Waals surface area contributed by atoms with Gasteiger partial charge >= 0.3 is 0 Å². The average molecular weight is 486 g/mol. The minimum atomic E-state index is 0.762. The summed E-state index contributed by atoms with van der Waals surface area (Å²) < 4.78 is 9.56. The van der Waals surface area contributed by atoms with Crippen LogP contribution in [-0.4, -0.2) is 0 Å². The predicted octanol–water partition coefficient (Wildman–Crippen LogP) is 6.53. The second kappa shape index (κ2) is 5.87. The topological polar surface area (TPSA) is 9.23 Å². The van der Waals surface area contributed by atoms with Gasteiger partial charge in [0, 0.05) is 8.95 Å². The summed E-state index contributed by atoms with van der Waals surface area (Å²) in [6.07, 6.45) is 0. The standard InChI is InChI=1S/C12H6Br4O/c13-7-3-1-5-9(11(7)15)17-10-6-2-4-8(14)12(10)16/h1-6H. The van der Waals surface area contributed by atoms with Crippen molar-refractivity contribution in [3.8, 4) is 11.5 Å². The molecule has 5 heteroatoms. The Morgan fingerprint density at radius 3 is 1.47 bits per heavy atom. The fourth-order valence-corrected chi connectivity index (χ4v) is 2.63. The van der Waals surface area contributed by atoms with Crippen LogP contribution in [0.25, 0.3) is 0 Å². The first-order valence-electron chi connectivity index (χ1n) is 4.65. The van der Waals surface area contributed by atoms with E-state index in [1.165, 1.54) is 0 Å². The number of halogens is 4. The predicted molar refractivity (Wildman–Crippen MR) is 83.8 cm³/mol. The van der Waals surface area contributed by atoms with Gasteiger partial charge in [0.1, 0.15) is 11.5 Å². The lowest BCUT2D eigenvalue weighted by atomic mass is 10.3. The van der Waals surface area contributed by atoms with Crippen molar-refractivity contribution in [2.45, 2.75) is 0 Å². The first kappa shape index (κ1) is 13.6. The van der Waals surface area contributed by atoms with E-state index < -0.39 is 0 Å². The largest absolute Gasteiger partial charge is 0.455 e. The highest BCUT2D eigenvalue weighted by molar-refractivity contribution is 9.13. The number of hydrogen-bond acceptors (Lipinski definition) is 1. The molecular weight excluding hydrogens is 480 g/mol. The van der Waals surface area contributed by atoms with Crippen LogP contribution in [0.15, 0.2) is 54.3 Å². The molecule has 0 N–H and O–H groups in total. The Hall–Kier alpha value is 0.160. The Morgan fingerprint density at radius 2 is 1.06 bits per heavy atom. The quantitative estimate of drug-likeness (QED) is 0.470. The van der Waals surface area contributed by atoms with Gasteiger partial charge in [-0.2, -0.15) is 0 Å². The lowest BCUT2D eigenvalue weighted by molar-refractivity contribution is 0.476. The Bertz CT molecular complexity index is 505. The van der Waals surface area contributed by atoms with Crippen molar-refractivity contribution in [2.24, 2.45) is 0 Å². The SMILES string of the molecule is Brc1cccc(Oc2cccc(Br)c2Br)c1Br. The molecule has 0 aliphatic carbocycles. The van der Waals surface area contributed by atoms with Gasteiger partial charge in [0.25, 0.3) is 0 Å². The molecule has 0 aliphatic rings. The molecular formula is C12H6Br4O. The molecule has 1 nitrogen and oxygen atoms in total. The monoisotopic (exact) mass is 482 g/mol. The molecule has 0 aromatic heterocycles. The van der Waals surface area contributed by atoms with Crippen LogP contribution in [0.4, 0.5) is 0 Å². The summed E-state index contributed by atoms with van der Waals surface area (Å²) in [5, 5.41) is 0. The van der Waals surface area contributed by atoms with Gasteiger partial charge in [0.2, 0.25) is 0 Å². The molecule has 0 unspecified atom stereocenters. The van der Waals surface area contributed by atoms with Crippen LogP contribution in [0.1, 0.15) is 0 Å². The van der Waals surface area contributed by atoms with Crippen molar-refractivity contribution < 1.29 is 4.74 Å². The fraction of sp³-hybridized carbons (Fsp3) is 0. The molecule has 0 radical (unpaired) electrons. The van der Waals surface area contributed by atoms with Gasteiger partial charge in [-0.15, -0.1) is 0 Å². The average Bonchev–Trinajstić information content (AvgIpc) is 2.31. The number of benzene rings is 2. The third kappa shape index (κ3) is 3.13. The Labute approximate surface area is 133 Å². The smallest absolute Gasteiger partial charge is 0.142 e. The van der Waals surface area contributed by atoms with Crippen molar-refractivity contribution in [3.63, 3.8) is 0 Å². The van der Waals surface area contributed by atoms with E-state index in [-0.39, 0.29) is 0 Å². The second-order valence-corrected chi connectivity index (χ2v) is 6.50. The van der Waals surface area contributed by atoms with Crippen LogP contribution in [0.3, 0.4) is 0 Å². The minimum absolute atomic E-state index is 0.762. The molecule has 0 fully saturated rings. The molecule has 88 valence electrons.